The summed E-state index contributed by atoms with van der Waals surface area (Å²) < 4.78 is 5.43. The maximum Gasteiger partial charge on any atom is 0.227 e. The lowest BCUT2D eigenvalue weighted by atomic mass is 10.1. The predicted octanol–water partition coefficient (Wildman–Crippen LogP) is 1.40. The molecule has 0 saturated carbocycles. The van der Waals surface area contributed by atoms with E-state index in [1.54, 1.807) is 0 Å². The molecule has 2 aromatic heterocycles. The van der Waals surface area contributed by atoms with E-state index in [1.807, 2.05) is 12.3 Å². The highest BCUT2D eigenvalue weighted by Crippen LogP contribution is 2.28. The highest BCUT2D eigenvalue weighted by molar-refractivity contribution is 5.58. The fraction of sp³-hybridized carbons (Fsp3) is 0.524. The van der Waals surface area contributed by atoms with Crippen molar-refractivity contribution in [3.05, 3.63) is 35.2 Å². The smallest absolute Gasteiger partial charge is 0.227 e. The summed E-state index contributed by atoms with van der Waals surface area (Å²) in [5.74, 6) is 2.59. The standard InChI is InChI=1S/C21H25N7O/c22-15-17-14-16-2-1-3-18(16)24-20(17)27-8-6-26(7-9-27)19-4-5-23-21(25-19)28-10-12-29-13-11-28/h4-5,14H,1-3,6-13H2. The minimum absolute atomic E-state index is 0.704. The van der Waals surface area contributed by atoms with E-state index in [4.69, 9.17) is 14.7 Å². The maximum atomic E-state index is 9.61. The Balaban J connectivity index is 1.29. The second kappa shape index (κ2) is 7.84. The quantitative estimate of drug-likeness (QED) is 0.777. The summed E-state index contributed by atoms with van der Waals surface area (Å²) in [6.45, 7) is 6.47. The van der Waals surface area contributed by atoms with E-state index in [1.165, 1.54) is 11.3 Å². The summed E-state index contributed by atoms with van der Waals surface area (Å²) in [5, 5.41) is 9.61. The van der Waals surface area contributed by atoms with Crippen LogP contribution in [-0.2, 0) is 17.6 Å². The van der Waals surface area contributed by atoms with Crippen LogP contribution in [0.2, 0.25) is 0 Å². The number of hydrogen-bond donors (Lipinski definition) is 0. The minimum Gasteiger partial charge on any atom is -0.378 e. The van der Waals surface area contributed by atoms with Gasteiger partial charge in [-0.1, -0.05) is 0 Å². The fourth-order valence-electron chi connectivity index (χ4n) is 4.36. The molecule has 150 valence electrons. The molecule has 5 rings (SSSR count). The first-order valence-electron chi connectivity index (χ1n) is 10.4. The molecule has 0 radical (unpaired) electrons. The lowest BCUT2D eigenvalue weighted by Gasteiger charge is -2.37. The first-order valence-corrected chi connectivity index (χ1v) is 10.4. The maximum absolute atomic E-state index is 9.61. The monoisotopic (exact) mass is 391 g/mol. The van der Waals surface area contributed by atoms with Gasteiger partial charge in [-0.15, -0.1) is 0 Å². The molecule has 4 heterocycles. The third-order valence-corrected chi connectivity index (χ3v) is 5.98. The Morgan fingerprint density at radius 2 is 1.72 bits per heavy atom. The van der Waals surface area contributed by atoms with Gasteiger partial charge in [0.2, 0.25) is 5.95 Å². The van der Waals surface area contributed by atoms with E-state index in [0.29, 0.717) is 5.56 Å². The number of fused-ring (bicyclic) bond motifs is 1. The van der Waals surface area contributed by atoms with Crippen molar-refractivity contribution in [2.24, 2.45) is 0 Å². The number of hydrogen-bond acceptors (Lipinski definition) is 8. The van der Waals surface area contributed by atoms with Gasteiger partial charge >= 0.3 is 0 Å². The number of nitrogens with zero attached hydrogens (tertiary/aromatic N) is 7. The highest BCUT2D eigenvalue weighted by Gasteiger charge is 2.25. The zero-order chi connectivity index (χ0) is 19.6. The molecule has 2 aromatic rings. The molecule has 29 heavy (non-hydrogen) atoms. The third-order valence-electron chi connectivity index (χ3n) is 5.98. The third kappa shape index (κ3) is 3.58. The molecule has 2 saturated heterocycles. The minimum atomic E-state index is 0.704. The van der Waals surface area contributed by atoms with Gasteiger partial charge in [-0.05, 0) is 37.0 Å². The van der Waals surface area contributed by atoms with Crippen molar-refractivity contribution >= 4 is 17.6 Å². The molecule has 0 unspecified atom stereocenters. The van der Waals surface area contributed by atoms with E-state index >= 15 is 0 Å². The molecule has 0 aromatic carbocycles. The summed E-state index contributed by atoms with van der Waals surface area (Å²) >= 11 is 0. The van der Waals surface area contributed by atoms with Crippen molar-refractivity contribution in [3.8, 4) is 6.07 Å². The van der Waals surface area contributed by atoms with Crippen molar-refractivity contribution < 1.29 is 4.74 Å². The number of pyridine rings is 1. The van der Waals surface area contributed by atoms with Gasteiger partial charge in [0.15, 0.2) is 0 Å². The van der Waals surface area contributed by atoms with Crippen molar-refractivity contribution in [1.29, 1.82) is 5.26 Å². The summed E-state index contributed by atoms with van der Waals surface area (Å²) in [4.78, 5) is 20.8. The van der Waals surface area contributed by atoms with Gasteiger partial charge in [0.1, 0.15) is 17.7 Å². The molecule has 0 amide bonds. The Bertz CT molecular complexity index is 927. The number of nitriles is 1. The fourth-order valence-corrected chi connectivity index (χ4v) is 4.36. The van der Waals surface area contributed by atoms with E-state index in [9.17, 15) is 5.26 Å². The van der Waals surface area contributed by atoms with Crippen molar-refractivity contribution in [3.63, 3.8) is 0 Å². The van der Waals surface area contributed by atoms with E-state index in [2.05, 4.69) is 31.8 Å². The van der Waals surface area contributed by atoms with Gasteiger partial charge in [0, 0.05) is 51.2 Å². The van der Waals surface area contributed by atoms with E-state index < -0.39 is 0 Å². The summed E-state index contributed by atoms with van der Waals surface area (Å²) in [5.41, 5.74) is 3.13. The Kier molecular flexibility index (Phi) is 4.90. The molecule has 8 nitrogen and oxygen atoms in total. The van der Waals surface area contributed by atoms with Crippen molar-refractivity contribution in [1.82, 2.24) is 15.0 Å². The molecule has 2 fully saturated rings. The van der Waals surface area contributed by atoms with Crippen LogP contribution in [0, 0.1) is 11.3 Å². The molecule has 0 spiro atoms. The van der Waals surface area contributed by atoms with Crippen molar-refractivity contribution in [2.75, 3.05) is 67.2 Å². The van der Waals surface area contributed by atoms with Crippen molar-refractivity contribution in [2.45, 2.75) is 19.3 Å². The van der Waals surface area contributed by atoms with Crippen LogP contribution in [0.15, 0.2) is 18.3 Å². The molecule has 1 aliphatic carbocycles. The number of aryl methyl sites for hydroxylation is 2. The molecule has 2 aliphatic heterocycles. The molecule has 8 heteroatoms. The Hall–Kier alpha value is -2.92. The summed E-state index contributed by atoms with van der Waals surface area (Å²) in [6.07, 6.45) is 5.06. The van der Waals surface area contributed by atoms with Crippen LogP contribution in [0.4, 0.5) is 17.6 Å². The zero-order valence-corrected chi connectivity index (χ0v) is 16.5. The summed E-state index contributed by atoms with van der Waals surface area (Å²) in [7, 11) is 0. The molecule has 3 aliphatic rings. The second-order valence-corrected chi connectivity index (χ2v) is 7.72. The Morgan fingerprint density at radius 3 is 2.52 bits per heavy atom. The average Bonchev–Trinajstić information content (AvgIpc) is 3.26. The highest BCUT2D eigenvalue weighted by atomic mass is 16.5. The SMILES string of the molecule is N#Cc1cc2c(nc1N1CCN(c3ccnc(N4CCOCC4)n3)CC1)CCC2. The van der Waals surface area contributed by atoms with E-state index in [-0.39, 0.29) is 0 Å². The van der Waals surface area contributed by atoms with Crippen LogP contribution in [0.25, 0.3) is 0 Å². The van der Waals surface area contributed by atoms with Crippen LogP contribution < -0.4 is 14.7 Å². The number of morpholine rings is 1. The molecular formula is C21H25N7O. The van der Waals surface area contributed by atoms with Crippen LogP contribution >= 0.6 is 0 Å². The molecular weight excluding hydrogens is 366 g/mol. The molecule has 0 atom stereocenters. The van der Waals surface area contributed by atoms with Crippen LogP contribution in [0.3, 0.4) is 0 Å². The Morgan fingerprint density at radius 1 is 0.931 bits per heavy atom. The van der Waals surface area contributed by atoms with Crippen LogP contribution in [-0.4, -0.2) is 67.4 Å². The van der Waals surface area contributed by atoms with Gasteiger partial charge in [-0.3, -0.25) is 0 Å². The second-order valence-electron chi connectivity index (χ2n) is 7.72. The van der Waals surface area contributed by atoms with Crippen LogP contribution in [0.5, 0.6) is 0 Å². The van der Waals surface area contributed by atoms with Gasteiger partial charge < -0.3 is 19.4 Å². The van der Waals surface area contributed by atoms with E-state index in [0.717, 1.165) is 89.3 Å². The number of aromatic nitrogens is 3. The lowest BCUT2D eigenvalue weighted by Crippen LogP contribution is -2.47. The first kappa shape index (κ1) is 18.1. The largest absolute Gasteiger partial charge is 0.378 e. The summed E-state index contributed by atoms with van der Waals surface area (Å²) in [6, 6.07) is 6.39. The zero-order valence-electron chi connectivity index (χ0n) is 16.5. The normalized spacial score (nSPS) is 19.2. The predicted molar refractivity (Wildman–Crippen MR) is 110 cm³/mol. The lowest BCUT2D eigenvalue weighted by molar-refractivity contribution is 0.122. The van der Waals surface area contributed by atoms with Gasteiger partial charge in [-0.25, -0.2) is 9.97 Å². The Labute approximate surface area is 170 Å². The average molecular weight is 391 g/mol. The van der Waals surface area contributed by atoms with Gasteiger partial charge in [-0.2, -0.15) is 10.2 Å². The number of rotatable bonds is 3. The number of piperazine rings is 1. The first-order chi connectivity index (χ1) is 14.3. The van der Waals surface area contributed by atoms with Gasteiger partial charge in [0.25, 0.3) is 0 Å². The number of ether oxygens (including phenoxy) is 1. The molecule has 0 bridgehead atoms. The molecule has 0 N–H and O–H groups in total. The topological polar surface area (TPSA) is 81.4 Å². The van der Waals surface area contributed by atoms with Gasteiger partial charge in [0.05, 0.1) is 18.8 Å². The van der Waals surface area contributed by atoms with Crippen LogP contribution in [0.1, 0.15) is 23.2 Å². The number of anilines is 3.